The molecule has 1 aromatic rings. The lowest BCUT2D eigenvalue weighted by Crippen LogP contribution is -2.54. The number of ether oxygens (including phenoxy) is 2. The highest BCUT2D eigenvalue weighted by molar-refractivity contribution is 14.0. The molecule has 1 atom stereocenters. The molecule has 3 rings (SSSR count). The SMILES string of the molecule is CCOC(=O)N1CCN(C(=NCc2ccc([N+](=O)[O-])cc2)NCC2CCCCO2)CC1.I. The first-order valence-corrected chi connectivity index (χ1v) is 10.9. The molecule has 1 amide bonds. The Morgan fingerprint density at radius 3 is 2.50 bits per heavy atom. The van der Waals surface area contributed by atoms with E-state index in [1.807, 2.05) is 0 Å². The van der Waals surface area contributed by atoms with E-state index in [0.717, 1.165) is 31.0 Å². The highest BCUT2D eigenvalue weighted by atomic mass is 127. The summed E-state index contributed by atoms with van der Waals surface area (Å²) in [6.45, 7) is 6.47. The number of amides is 1. The molecule has 1 aromatic carbocycles. The first kappa shape index (κ1) is 26.1. The molecule has 0 spiro atoms. The van der Waals surface area contributed by atoms with Crippen molar-refractivity contribution in [2.24, 2.45) is 4.99 Å². The fourth-order valence-electron chi connectivity index (χ4n) is 3.65. The van der Waals surface area contributed by atoms with Crippen molar-refractivity contribution < 1.29 is 19.2 Å². The monoisotopic (exact) mass is 561 g/mol. The molecule has 0 saturated carbocycles. The summed E-state index contributed by atoms with van der Waals surface area (Å²) in [4.78, 5) is 31.0. The van der Waals surface area contributed by atoms with Gasteiger partial charge >= 0.3 is 6.09 Å². The molecule has 2 fully saturated rings. The molecule has 11 heteroatoms. The number of hydrogen-bond acceptors (Lipinski definition) is 6. The first-order chi connectivity index (χ1) is 15.1. The Kier molecular flexibility index (Phi) is 10.9. The van der Waals surface area contributed by atoms with Crippen LogP contribution in [0.2, 0.25) is 0 Å². The number of nitro benzene ring substituents is 1. The Morgan fingerprint density at radius 1 is 1.22 bits per heavy atom. The number of rotatable bonds is 6. The second-order valence-electron chi connectivity index (χ2n) is 7.61. The van der Waals surface area contributed by atoms with Crippen molar-refractivity contribution in [3.8, 4) is 0 Å². The van der Waals surface area contributed by atoms with Crippen molar-refractivity contribution in [2.75, 3.05) is 45.9 Å². The van der Waals surface area contributed by atoms with Gasteiger partial charge in [0.15, 0.2) is 5.96 Å². The molecule has 0 aromatic heterocycles. The lowest BCUT2D eigenvalue weighted by Gasteiger charge is -2.36. The maximum absolute atomic E-state index is 12.0. The standard InChI is InChI=1S/C21H31N5O5.HI/c1-2-30-21(27)25-12-10-24(11-13-25)20(23-16-19-5-3-4-14-31-19)22-15-17-6-8-18(9-7-17)26(28)29;/h6-9,19H,2-5,10-16H2,1H3,(H,22,23);1H. The molecule has 0 radical (unpaired) electrons. The number of hydrogen-bond donors (Lipinski definition) is 1. The van der Waals surface area contributed by atoms with Gasteiger partial charge in [-0.15, -0.1) is 24.0 Å². The zero-order valence-corrected chi connectivity index (χ0v) is 20.7. The number of halogens is 1. The number of nitrogens with zero attached hydrogens (tertiary/aromatic N) is 4. The maximum Gasteiger partial charge on any atom is 0.409 e. The Hall–Kier alpha value is -2.15. The Labute approximate surface area is 205 Å². The number of carbonyl (C=O) groups is 1. The number of aliphatic imine (C=N–C) groups is 1. The largest absolute Gasteiger partial charge is 0.450 e. The first-order valence-electron chi connectivity index (χ1n) is 10.9. The summed E-state index contributed by atoms with van der Waals surface area (Å²) in [5.74, 6) is 0.760. The molecule has 2 aliphatic heterocycles. The molecular weight excluding hydrogens is 529 g/mol. The Balaban J connectivity index is 0.00000363. The third-order valence-electron chi connectivity index (χ3n) is 5.43. The minimum absolute atomic E-state index is 0. The van der Waals surface area contributed by atoms with Crippen LogP contribution < -0.4 is 5.32 Å². The Morgan fingerprint density at radius 2 is 1.91 bits per heavy atom. The van der Waals surface area contributed by atoms with Gasteiger partial charge in [0, 0.05) is 51.5 Å². The van der Waals surface area contributed by atoms with E-state index in [4.69, 9.17) is 14.5 Å². The number of benzene rings is 1. The molecule has 2 heterocycles. The molecule has 10 nitrogen and oxygen atoms in total. The number of non-ortho nitro benzene ring substituents is 1. The van der Waals surface area contributed by atoms with Crippen LogP contribution >= 0.6 is 24.0 Å². The molecular formula is C21H32IN5O5. The maximum atomic E-state index is 12.0. The van der Waals surface area contributed by atoms with Gasteiger partial charge in [0.1, 0.15) is 0 Å². The summed E-state index contributed by atoms with van der Waals surface area (Å²) < 4.78 is 10.9. The van der Waals surface area contributed by atoms with E-state index < -0.39 is 4.92 Å². The molecule has 0 aliphatic carbocycles. The number of nitro groups is 1. The van der Waals surface area contributed by atoms with Gasteiger partial charge in [-0.25, -0.2) is 9.79 Å². The average molecular weight is 561 g/mol. The zero-order chi connectivity index (χ0) is 22.1. The predicted octanol–water partition coefficient (Wildman–Crippen LogP) is 3.00. The fraction of sp³-hybridized carbons (Fsp3) is 0.619. The summed E-state index contributed by atoms with van der Waals surface area (Å²) in [6.07, 6.45) is 3.18. The normalized spacial score (nSPS) is 19.2. The third kappa shape index (κ3) is 7.76. The molecule has 1 unspecified atom stereocenters. The van der Waals surface area contributed by atoms with E-state index in [-0.39, 0.29) is 41.9 Å². The summed E-state index contributed by atoms with van der Waals surface area (Å²) in [7, 11) is 0. The minimum atomic E-state index is -0.409. The molecule has 178 valence electrons. The van der Waals surface area contributed by atoms with Gasteiger partial charge in [0.05, 0.1) is 24.2 Å². The van der Waals surface area contributed by atoms with E-state index in [2.05, 4.69) is 10.2 Å². The second kappa shape index (κ2) is 13.4. The Bertz CT molecular complexity index is 762. The highest BCUT2D eigenvalue weighted by Gasteiger charge is 2.24. The summed E-state index contributed by atoms with van der Waals surface area (Å²) >= 11 is 0. The van der Waals surface area contributed by atoms with Crippen LogP contribution in [-0.2, 0) is 16.0 Å². The van der Waals surface area contributed by atoms with Crippen LogP contribution in [0, 0.1) is 10.1 Å². The lowest BCUT2D eigenvalue weighted by atomic mass is 10.1. The smallest absolute Gasteiger partial charge is 0.409 e. The minimum Gasteiger partial charge on any atom is -0.450 e. The fourth-order valence-corrected chi connectivity index (χ4v) is 3.65. The van der Waals surface area contributed by atoms with Crippen LogP contribution in [0.5, 0.6) is 0 Å². The van der Waals surface area contributed by atoms with Gasteiger partial charge in [0.2, 0.25) is 0 Å². The van der Waals surface area contributed by atoms with Gasteiger partial charge in [-0.2, -0.15) is 0 Å². The van der Waals surface area contributed by atoms with E-state index in [1.165, 1.54) is 18.6 Å². The van der Waals surface area contributed by atoms with Crippen LogP contribution in [0.3, 0.4) is 0 Å². The topological polar surface area (TPSA) is 110 Å². The van der Waals surface area contributed by atoms with E-state index in [9.17, 15) is 14.9 Å². The van der Waals surface area contributed by atoms with E-state index >= 15 is 0 Å². The molecule has 2 aliphatic rings. The van der Waals surface area contributed by atoms with Crippen LogP contribution in [0.1, 0.15) is 31.7 Å². The third-order valence-corrected chi connectivity index (χ3v) is 5.43. The van der Waals surface area contributed by atoms with Crippen molar-refractivity contribution >= 4 is 41.7 Å². The van der Waals surface area contributed by atoms with E-state index in [1.54, 1.807) is 24.0 Å². The van der Waals surface area contributed by atoms with Crippen LogP contribution in [0.15, 0.2) is 29.3 Å². The van der Waals surface area contributed by atoms with Gasteiger partial charge in [-0.1, -0.05) is 12.1 Å². The summed E-state index contributed by atoms with van der Waals surface area (Å²) in [6, 6.07) is 6.43. The number of piperazine rings is 1. The summed E-state index contributed by atoms with van der Waals surface area (Å²) in [5.41, 5.74) is 0.958. The number of guanidine groups is 1. The molecule has 0 bridgehead atoms. The molecule has 2 saturated heterocycles. The van der Waals surface area contributed by atoms with Crippen LogP contribution in [0.4, 0.5) is 10.5 Å². The number of carbonyl (C=O) groups excluding carboxylic acids is 1. The van der Waals surface area contributed by atoms with Crippen molar-refractivity contribution in [3.05, 3.63) is 39.9 Å². The quantitative estimate of drug-likeness (QED) is 0.187. The van der Waals surface area contributed by atoms with E-state index in [0.29, 0.717) is 45.9 Å². The van der Waals surface area contributed by atoms with Crippen molar-refractivity contribution in [3.63, 3.8) is 0 Å². The molecule has 32 heavy (non-hydrogen) atoms. The van der Waals surface area contributed by atoms with Crippen LogP contribution in [-0.4, -0.2) is 78.8 Å². The lowest BCUT2D eigenvalue weighted by molar-refractivity contribution is -0.384. The van der Waals surface area contributed by atoms with Gasteiger partial charge < -0.3 is 24.6 Å². The van der Waals surface area contributed by atoms with Crippen molar-refractivity contribution in [1.82, 2.24) is 15.1 Å². The zero-order valence-electron chi connectivity index (χ0n) is 18.4. The average Bonchev–Trinajstić information content (AvgIpc) is 2.80. The van der Waals surface area contributed by atoms with Crippen molar-refractivity contribution in [1.29, 1.82) is 0 Å². The van der Waals surface area contributed by atoms with Gasteiger partial charge in [0.25, 0.3) is 5.69 Å². The van der Waals surface area contributed by atoms with Gasteiger partial charge in [-0.05, 0) is 31.7 Å². The predicted molar refractivity (Wildman–Crippen MR) is 131 cm³/mol. The molecule has 1 N–H and O–H groups in total. The number of nitrogens with one attached hydrogen (secondary N) is 1. The highest BCUT2D eigenvalue weighted by Crippen LogP contribution is 2.14. The van der Waals surface area contributed by atoms with Gasteiger partial charge in [-0.3, -0.25) is 10.1 Å². The van der Waals surface area contributed by atoms with Crippen LogP contribution in [0.25, 0.3) is 0 Å². The second-order valence-corrected chi connectivity index (χ2v) is 7.61. The van der Waals surface area contributed by atoms with Crippen molar-refractivity contribution in [2.45, 2.75) is 38.8 Å². The summed E-state index contributed by atoms with van der Waals surface area (Å²) in [5, 5.41) is 14.3.